The van der Waals surface area contributed by atoms with Crippen LogP contribution in [0.2, 0.25) is 0 Å². The summed E-state index contributed by atoms with van der Waals surface area (Å²) in [5.41, 5.74) is 2.39. The second-order valence-electron chi connectivity index (χ2n) is 4.34. The highest BCUT2D eigenvalue weighted by atomic mass is 16.6. The first-order chi connectivity index (χ1) is 11.0. The summed E-state index contributed by atoms with van der Waals surface area (Å²) in [4.78, 5) is 21.5. The van der Waals surface area contributed by atoms with Crippen LogP contribution < -0.4 is 10.2 Å². The molecular formula is C13H13N5O5. The van der Waals surface area contributed by atoms with Crippen LogP contribution in [0.3, 0.4) is 0 Å². The Kier molecular flexibility index (Phi) is 4.87. The standard InChI is InChI=1S/C13H13N5O5/c1-23-11-4-2-3-9(13(11)20)5-14-16-12(19)8-17-7-10(6-15-17)18(21)22/h2-7,20H,8H2,1H3,(H,16,19)/b14-5+. The number of carbonyl (C=O) groups is 1. The number of hydrogen-bond acceptors (Lipinski definition) is 7. The number of phenols is 1. The van der Waals surface area contributed by atoms with Crippen molar-refractivity contribution in [2.24, 2.45) is 5.10 Å². The molecule has 0 unspecified atom stereocenters. The predicted molar refractivity (Wildman–Crippen MR) is 79.3 cm³/mol. The minimum absolute atomic E-state index is 0.101. The van der Waals surface area contributed by atoms with Crippen LogP contribution in [0.1, 0.15) is 5.56 Å². The molecule has 0 saturated carbocycles. The predicted octanol–water partition coefficient (Wildman–Crippen LogP) is 0.656. The number of methoxy groups -OCH3 is 1. The van der Waals surface area contributed by atoms with Crippen LogP contribution in [0.25, 0.3) is 0 Å². The average Bonchev–Trinajstić information content (AvgIpc) is 2.97. The molecule has 23 heavy (non-hydrogen) atoms. The number of ether oxygens (including phenoxy) is 1. The molecule has 10 heteroatoms. The molecule has 1 aromatic carbocycles. The van der Waals surface area contributed by atoms with Crippen LogP contribution in [0, 0.1) is 10.1 Å². The monoisotopic (exact) mass is 319 g/mol. The van der Waals surface area contributed by atoms with Gasteiger partial charge in [0.2, 0.25) is 0 Å². The van der Waals surface area contributed by atoms with E-state index in [4.69, 9.17) is 4.74 Å². The van der Waals surface area contributed by atoms with Gasteiger partial charge in [0.25, 0.3) is 5.91 Å². The van der Waals surface area contributed by atoms with Crippen molar-refractivity contribution < 1.29 is 19.6 Å². The Bertz CT molecular complexity index is 755. The highest BCUT2D eigenvalue weighted by molar-refractivity contribution is 5.86. The van der Waals surface area contributed by atoms with E-state index in [0.29, 0.717) is 5.56 Å². The second kappa shape index (κ2) is 7.02. The topological polar surface area (TPSA) is 132 Å². The number of nitrogens with zero attached hydrogens (tertiary/aromatic N) is 4. The molecule has 0 bridgehead atoms. The number of amides is 1. The molecule has 10 nitrogen and oxygen atoms in total. The number of benzene rings is 1. The van der Waals surface area contributed by atoms with Gasteiger partial charge in [-0.25, -0.2) is 5.43 Å². The Labute approximate surface area is 130 Å². The number of hydrogen-bond donors (Lipinski definition) is 2. The lowest BCUT2D eigenvalue weighted by Crippen LogP contribution is -2.23. The summed E-state index contributed by atoms with van der Waals surface area (Å²) in [6.07, 6.45) is 3.43. The first-order valence-electron chi connectivity index (χ1n) is 6.36. The van der Waals surface area contributed by atoms with Crippen LogP contribution in [-0.2, 0) is 11.3 Å². The van der Waals surface area contributed by atoms with Crippen molar-refractivity contribution in [2.75, 3.05) is 7.11 Å². The van der Waals surface area contributed by atoms with Gasteiger partial charge in [0.1, 0.15) is 18.9 Å². The smallest absolute Gasteiger partial charge is 0.307 e. The molecule has 2 aromatic rings. The Morgan fingerprint density at radius 3 is 3.04 bits per heavy atom. The van der Waals surface area contributed by atoms with E-state index in [9.17, 15) is 20.0 Å². The molecule has 1 amide bonds. The molecule has 1 aromatic heterocycles. The summed E-state index contributed by atoms with van der Waals surface area (Å²) in [7, 11) is 1.42. The third-order valence-corrected chi connectivity index (χ3v) is 2.78. The van der Waals surface area contributed by atoms with E-state index in [2.05, 4.69) is 15.6 Å². The first kappa shape index (κ1) is 15.9. The first-order valence-corrected chi connectivity index (χ1v) is 6.36. The summed E-state index contributed by atoms with van der Waals surface area (Å²) in [5, 5.41) is 27.7. The second-order valence-corrected chi connectivity index (χ2v) is 4.34. The minimum atomic E-state index is -0.606. The quantitative estimate of drug-likeness (QED) is 0.456. The van der Waals surface area contributed by atoms with Crippen LogP contribution >= 0.6 is 0 Å². The average molecular weight is 319 g/mol. The van der Waals surface area contributed by atoms with Crippen LogP contribution in [0.15, 0.2) is 35.7 Å². The third kappa shape index (κ3) is 4.03. The number of phenolic OH excluding ortho intramolecular Hbond substituents is 1. The van der Waals surface area contributed by atoms with Crippen molar-refractivity contribution in [3.8, 4) is 11.5 Å². The zero-order valence-electron chi connectivity index (χ0n) is 12.0. The van der Waals surface area contributed by atoms with Gasteiger partial charge in [0, 0.05) is 5.56 Å². The molecule has 0 fully saturated rings. The molecule has 0 aliphatic heterocycles. The largest absolute Gasteiger partial charge is 0.504 e. The summed E-state index contributed by atoms with van der Waals surface area (Å²) < 4.78 is 6.07. The maximum atomic E-state index is 11.6. The lowest BCUT2D eigenvalue weighted by atomic mass is 10.2. The van der Waals surface area contributed by atoms with Crippen molar-refractivity contribution in [1.82, 2.24) is 15.2 Å². The molecule has 0 atom stereocenters. The van der Waals surface area contributed by atoms with Crippen molar-refractivity contribution in [1.29, 1.82) is 0 Å². The van der Waals surface area contributed by atoms with Gasteiger partial charge in [0.15, 0.2) is 11.5 Å². The van der Waals surface area contributed by atoms with E-state index < -0.39 is 10.8 Å². The zero-order valence-corrected chi connectivity index (χ0v) is 12.0. The Morgan fingerprint density at radius 2 is 2.39 bits per heavy atom. The van der Waals surface area contributed by atoms with Gasteiger partial charge in [-0.15, -0.1) is 0 Å². The normalized spacial score (nSPS) is 10.7. The van der Waals surface area contributed by atoms with Gasteiger partial charge in [0.05, 0.1) is 18.2 Å². The van der Waals surface area contributed by atoms with Crippen molar-refractivity contribution in [3.63, 3.8) is 0 Å². The fourth-order valence-corrected chi connectivity index (χ4v) is 1.70. The number of para-hydroxylation sites is 1. The summed E-state index contributed by atoms with van der Waals surface area (Å²) in [6, 6.07) is 4.82. The van der Waals surface area contributed by atoms with Gasteiger partial charge in [-0.05, 0) is 12.1 Å². The Hall–Kier alpha value is -3.43. The van der Waals surface area contributed by atoms with Crippen LogP contribution in [0.5, 0.6) is 11.5 Å². The van der Waals surface area contributed by atoms with Crippen LogP contribution in [-0.4, -0.2) is 39.0 Å². The minimum Gasteiger partial charge on any atom is -0.504 e. The van der Waals surface area contributed by atoms with E-state index in [1.54, 1.807) is 18.2 Å². The van der Waals surface area contributed by atoms with Crippen molar-refractivity contribution in [2.45, 2.75) is 6.54 Å². The Balaban J connectivity index is 1.94. The molecule has 120 valence electrons. The summed E-state index contributed by atoms with van der Waals surface area (Å²) >= 11 is 0. The van der Waals surface area contributed by atoms with E-state index in [1.165, 1.54) is 13.3 Å². The maximum absolute atomic E-state index is 11.6. The summed E-state index contributed by atoms with van der Waals surface area (Å²) in [5.74, 6) is -0.346. The fraction of sp³-hybridized carbons (Fsp3) is 0.154. The number of carbonyl (C=O) groups excluding carboxylic acids is 1. The molecule has 1 heterocycles. The lowest BCUT2D eigenvalue weighted by Gasteiger charge is -2.05. The molecule has 0 spiro atoms. The Morgan fingerprint density at radius 1 is 1.61 bits per heavy atom. The third-order valence-electron chi connectivity index (χ3n) is 2.78. The van der Waals surface area contributed by atoms with Crippen molar-refractivity contribution >= 4 is 17.8 Å². The molecular weight excluding hydrogens is 306 g/mol. The molecule has 0 saturated heterocycles. The number of nitrogens with one attached hydrogen (secondary N) is 1. The SMILES string of the molecule is COc1cccc(/C=N/NC(=O)Cn2cc([N+](=O)[O-])cn2)c1O. The maximum Gasteiger partial charge on any atom is 0.307 e. The van der Waals surface area contributed by atoms with Gasteiger partial charge in [-0.2, -0.15) is 10.2 Å². The lowest BCUT2D eigenvalue weighted by molar-refractivity contribution is -0.385. The number of nitro groups is 1. The van der Waals surface area contributed by atoms with Crippen LogP contribution in [0.4, 0.5) is 5.69 Å². The molecule has 0 aliphatic rings. The van der Waals surface area contributed by atoms with E-state index >= 15 is 0 Å². The molecule has 0 radical (unpaired) electrons. The number of rotatable bonds is 6. The van der Waals surface area contributed by atoms with Crippen molar-refractivity contribution in [3.05, 3.63) is 46.3 Å². The number of aromatic nitrogens is 2. The number of hydrazone groups is 1. The highest BCUT2D eigenvalue weighted by Gasteiger charge is 2.11. The summed E-state index contributed by atoms with van der Waals surface area (Å²) in [6.45, 7) is -0.227. The van der Waals surface area contributed by atoms with E-state index in [-0.39, 0.29) is 23.7 Å². The molecule has 0 aliphatic carbocycles. The van der Waals surface area contributed by atoms with E-state index in [1.807, 2.05) is 0 Å². The fourth-order valence-electron chi connectivity index (χ4n) is 1.70. The van der Waals surface area contributed by atoms with E-state index in [0.717, 1.165) is 17.1 Å². The van der Waals surface area contributed by atoms with Gasteiger partial charge in [-0.1, -0.05) is 6.07 Å². The molecule has 2 N–H and O–H groups in total. The zero-order chi connectivity index (χ0) is 16.8. The molecule has 2 rings (SSSR count). The van der Waals surface area contributed by atoms with Gasteiger partial charge in [-0.3, -0.25) is 19.6 Å². The number of aromatic hydroxyl groups is 1. The van der Waals surface area contributed by atoms with Gasteiger partial charge < -0.3 is 9.84 Å². The highest BCUT2D eigenvalue weighted by Crippen LogP contribution is 2.27. The van der Waals surface area contributed by atoms with Gasteiger partial charge >= 0.3 is 5.69 Å².